The molecule has 0 radical (unpaired) electrons. The molecule has 0 bridgehead atoms. The average Bonchev–Trinajstić information content (AvgIpc) is 3.04. The maximum absolute atomic E-state index is 5.67. The van der Waals surface area contributed by atoms with Crippen molar-refractivity contribution >= 4 is 11.0 Å². The highest BCUT2D eigenvalue weighted by Crippen LogP contribution is 2.16. The summed E-state index contributed by atoms with van der Waals surface area (Å²) < 4.78 is 4.17. The summed E-state index contributed by atoms with van der Waals surface area (Å²) in [7, 11) is 0. The molecule has 0 aliphatic heterocycles. The predicted molar refractivity (Wildman–Crippen MR) is 74.7 cm³/mol. The highest BCUT2D eigenvalue weighted by molar-refractivity contribution is 5.75. The Hall–Kier alpha value is -2.14. The standard InChI is InChI=1S/C14H17N5/c15-7-6-14-17-12-4-1-2-5-13(12)19(14)11-10-18-9-3-8-16-18/h1-5,8-9H,6-7,10-11,15H2. The quantitative estimate of drug-likeness (QED) is 0.750. The average molecular weight is 255 g/mol. The second-order valence-electron chi connectivity index (χ2n) is 4.48. The van der Waals surface area contributed by atoms with Crippen LogP contribution in [0.4, 0.5) is 0 Å². The van der Waals surface area contributed by atoms with Crippen LogP contribution in [0.25, 0.3) is 11.0 Å². The fourth-order valence-electron chi connectivity index (χ4n) is 2.33. The van der Waals surface area contributed by atoms with Gasteiger partial charge in [0, 0.05) is 25.4 Å². The van der Waals surface area contributed by atoms with E-state index in [0.717, 1.165) is 36.4 Å². The van der Waals surface area contributed by atoms with E-state index in [1.54, 1.807) is 6.20 Å². The van der Waals surface area contributed by atoms with E-state index in [9.17, 15) is 0 Å². The first-order valence-electron chi connectivity index (χ1n) is 6.50. The zero-order valence-electron chi connectivity index (χ0n) is 10.7. The van der Waals surface area contributed by atoms with Crippen LogP contribution in [0.2, 0.25) is 0 Å². The van der Waals surface area contributed by atoms with E-state index >= 15 is 0 Å². The molecule has 0 aliphatic carbocycles. The summed E-state index contributed by atoms with van der Waals surface area (Å²) >= 11 is 0. The first kappa shape index (κ1) is 11.9. The van der Waals surface area contributed by atoms with Crippen molar-refractivity contribution < 1.29 is 0 Å². The van der Waals surface area contributed by atoms with Crippen molar-refractivity contribution in [3.8, 4) is 0 Å². The van der Waals surface area contributed by atoms with Crippen LogP contribution in [0, 0.1) is 0 Å². The van der Waals surface area contributed by atoms with Crippen molar-refractivity contribution in [2.75, 3.05) is 6.54 Å². The number of para-hydroxylation sites is 2. The number of imidazole rings is 1. The van der Waals surface area contributed by atoms with Gasteiger partial charge in [0.15, 0.2) is 0 Å². The summed E-state index contributed by atoms with van der Waals surface area (Å²) in [5.41, 5.74) is 7.87. The van der Waals surface area contributed by atoms with Crippen molar-refractivity contribution in [2.45, 2.75) is 19.5 Å². The maximum atomic E-state index is 5.67. The number of nitrogens with zero attached hydrogens (tertiary/aromatic N) is 4. The maximum Gasteiger partial charge on any atom is 0.111 e. The van der Waals surface area contributed by atoms with Crippen molar-refractivity contribution in [1.82, 2.24) is 19.3 Å². The van der Waals surface area contributed by atoms with E-state index in [1.807, 2.05) is 35.1 Å². The number of nitrogens with two attached hydrogens (primary N) is 1. The third-order valence-electron chi connectivity index (χ3n) is 3.21. The molecule has 0 saturated carbocycles. The van der Waals surface area contributed by atoms with E-state index in [2.05, 4.69) is 20.7 Å². The fraction of sp³-hybridized carbons (Fsp3) is 0.286. The summed E-state index contributed by atoms with van der Waals surface area (Å²) in [6.07, 6.45) is 4.57. The first-order valence-corrected chi connectivity index (χ1v) is 6.50. The van der Waals surface area contributed by atoms with Gasteiger partial charge in [0.1, 0.15) is 5.82 Å². The van der Waals surface area contributed by atoms with Crippen LogP contribution in [0.5, 0.6) is 0 Å². The van der Waals surface area contributed by atoms with Gasteiger partial charge in [-0.3, -0.25) is 4.68 Å². The number of fused-ring (bicyclic) bond motifs is 1. The molecule has 2 heterocycles. The molecule has 3 rings (SSSR count). The van der Waals surface area contributed by atoms with Crippen molar-refractivity contribution in [2.24, 2.45) is 5.73 Å². The Morgan fingerprint density at radius 1 is 1.11 bits per heavy atom. The molecule has 0 unspecified atom stereocenters. The predicted octanol–water partition coefficient (Wildman–Crippen LogP) is 1.43. The minimum absolute atomic E-state index is 0.616. The summed E-state index contributed by atoms with van der Waals surface area (Å²) in [6, 6.07) is 10.1. The third kappa shape index (κ3) is 2.37. The van der Waals surface area contributed by atoms with Crippen LogP contribution >= 0.6 is 0 Å². The van der Waals surface area contributed by atoms with Crippen LogP contribution < -0.4 is 5.73 Å². The van der Waals surface area contributed by atoms with Crippen LogP contribution in [-0.2, 0) is 19.5 Å². The highest BCUT2D eigenvalue weighted by atomic mass is 15.3. The SMILES string of the molecule is NCCc1nc2ccccc2n1CCn1cccn1. The summed E-state index contributed by atoms with van der Waals surface area (Å²) in [4.78, 5) is 4.66. The normalized spacial score (nSPS) is 11.2. The minimum Gasteiger partial charge on any atom is -0.330 e. The molecule has 19 heavy (non-hydrogen) atoms. The van der Waals surface area contributed by atoms with E-state index in [1.165, 1.54) is 0 Å². The lowest BCUT2D eigenvalue weighted by atomic mass is 10.3. The molecule has 0 atom stereocenters. The molecule has 0 saturated heterocycles. The van der Waals surface area contributed by atoms with E-state index in [-0.39, 0.29) is 0 Å². The van der Waals surface area contributed by atoms with Crippen molar-refractivity contribution in [1.29, 1.82) is 0 Å². The number of aromatic nitrogens is 4. The number of aryl methyl sites for hydroxylation is 2. The van der Waals surface area contributed by atoms with Crippen molar-refractivity contribution in [3.63, 3.8) is 0 Å². The Kier molecular flexibility index (Phi) is 3.29. The lowest BCUT2D eigenvalue weighted by Gasteiger charge is -2.08. The summed E-state index contributed by atoms with van der Waals surface area (Å²) in [6.45, 7) is 2.31. The monoisotopic (exact) mass is 255 g/mol. The lowest BCUT2D eigenvalue weighted by Crippen LogP contribution is -2.13. The van der Waals surface area contributed by atoms with Gasteiger partial charge >= 0.3 is 0 Å². The first-order chi connectivity index (χ1) is 9.38. The summed E-state index contributed by atoms with van der Waals surface area (Å²) in [5, 5.41) is 4.23. The van der Waals surface area contributed by atoms with E-state index in [0.29, 0.717) is 6.54 Å². The largest absolute Gasteiger partial charge is 0.330 e. The zero-order valence-corrected chi connectivity index (χ0v) is 10.7. The number of rotatable bonds is 5. The van der Waals surface area contributed by atoms with Gasteiger partial charge in [-0.05, 0) is 24.7 Å². The van der Waals surface area contributed by atoms with Gasteiger partial charge in [0.2, 0.25) is 0 Å². The Labute approximate surface area is 111 Å². The number of benzene rings is 1. The Bertz CT molecular complexity index is 654. The van der Waals surface area contributed by atoms with Crippen molar-refractivity contribution in [3.05, 3.63) is 48.5 Å². The Morgan fingerprint density at radius 2 is 2.00 bits per heavy atom. The van der Waals surface area contributed by atoms with Gasteiger partial charge in [-0.25, -0.2) is 4.98 Å². The van der Waals surface area contributed by atoms with E-state index in [4.69, 9.17) is 5.73 Å². The van der Waals surface area contributed by atoms with Gasteiger partial charge in [-0.2, -0.15) is 5.10 Å². The third-order valence-corrected chi connectivity index (χ3v) is 3.21. The van der Waals surface area contributed by atoms with Crippen LogP contribution in [0.15, 0.2) is 42.7 Å². The molecule has 0 spiro atoms. The fourth-order valence-corrected chi connectivity index (χ4v) is 2.33. The van der Waals surface area contributed by atoms with Gasteiger partial charge in [-0.1, -0.05) is 12.1 Å². The Balaban J connectivity index is 1.92. The molecule has 2 aromatic heterocycles. The molecular weight excluding hydrogens is 238 g/mol. The molecule has 3 aromatic rings. The Morgan fingerprint density at radius 3 is 2.79 bits per heavy atom. The molecule has 5 heteroatoms. The van der Waals surface area contributed by atoms with Crippen LogP contribution in [0.3, 0.4) is 0 Å². The van der Waals surface area contributed by atoms with E-state index < -0.39 is 0 Å². The summed E-state index contributed by atoms with van der Waals surface area (Å²) in [5.74, 6) is 1.05. The molecule has 2 N–H and O–H groups in total. The topological polar surface area (TPSA) is 61.7 Å². The molecule has 1 aromatic carbocycles. The highest BCUT2D eigenvalue weighted by Gasteiger charge is 2.09. The van der Waals surface area contributed by atoms with Crippen LogP contribution in [0.1, 0.15) is 5.82 Å². The van der Waals surface area contributed by atoms with Gasteiger partial charge in [0.25, 0.3) is 0 Å². The second-order valence-corrected chi connectivity index (χ2v) is 4.48. The molecule has 0 amide bonds. The number of hydrogen-bond donors (Lipinski definition) is 1. The molecule has 0 aliphatic rings. The molecule has 98 valence electrons. The van der Waals surface area contributed by atoms with Gasteiger partial charge < -0.3 is 10.3 Å². The minimum atomic E-state index is 0.616. The van der Waals surface area contributed by atoms with Gasteiger partial charge in [0.05, 0.1) is 17.6 Å². The number of hydrogen-bond acceptors (Lipinski definition) is 3. The molecular formula is C14H17N5. The van der Waals surface area contributed by atoms with Crippen LogP contribution in [-0.4, -0.2) is 25.9 Å². The zero-order chi connectivity index (χ0) is 13.1. The lowest BCUT2D eigenvalue weighted by molar-refractivity contribution is 0.528. The molecule has 0 fully saturated rings. The second kappa shape index (κ2) is 5.24. The smallest absolute Gasteiger partial charge is 0.111 e. The van der Waals surface area contributed by atoms with Gasteiger partial charge in [-0.15, -0.1) is 0 Å². The molecule has 5 nitrogen and oxygen atoms in total.